The van der Waals surface area contributed by atoms with Crippen LogP contribution in [0.2, 0.25) is 0 Å². The Morgan fingerprint density at radius 3 is 2.31 bits per heavy atom. The topological polar surface area (TPSA) is 64.7 Å². The molecule has 6 heteroatoms. The minimum absolute atomic E-state index is 0. The molecule has 0 amide bonds. The fraction of sp³-hybridized carbons (Fsp3) is 0.400. The summed E-state index contributed by atoms with van der Waals surface area (Å²) in [6.07, 6.45) is 0. The summed E-state index contributed by atoms with van der Waals surface area (Å²) in [6, 6.07) is 9.40. The molecule has 0 atom stereocenters. The van der Waals surface area contributed by atoms with E-state index in [2.05, 4.69) is 5.28 Å². The maximum Gasteiger partial charge on any atom is 1.00 e. The third kappa shape index (κ3) is 4.38. The molecule has 0 bridgehead atoms. The second-order valence-corrected chi connectivity index (χ2v) is 3.51. The molecular weight excluding hydrogens is 217 g/mol. The van der Waals surface area contributed by atoms with Crippen LogP contribution in [0.25, 0.3) is 0 Å². The van der Waals surface area contributed by atoms with Crippen molar-refractivity contribution < 1.29 is 34.5 Å². The normalized spacial score (nSPS) is 11.1. The van der Waals surface area contributed by atoms with Gasteiger partial charge in [-0.25, -0.2) is 0 Å². The van der Waals surface area contributed by atoms with Crippen LogP contribution in [0, 0.1) is 10.4 Å². The van der Waals surface area contributed by atoms with Gasteiger partial charge in [0, 0.05) is 4.97 Å². The van der Waals surface area contributed by atoms with E-state index in [9.17, 15) is 10.4 Å². The van der Waals surface area contributed by atoms with E-state index in [4.69, 9.17) is 0 Å². The van der Waals surface area contributed by atoms with Crippen molar-refractivity contribution in [3.05, 3.63) is 46.3 Å². The Morgan fingerprint density at radius 1 is 1.31 bits per heavy atom. The molecule has 0 aliphatic rings. The number of nitrogens with zero attached hydrogens (tertiary/aromatic N) is 3. The van der Waals surface area contributed by atoms with Crippen molar-refractivity contribution in [2.45, 2.75) is 26.4 Å². The van der Waals surface area contributed by atoms with Crippen LogP contribution in [-0.2, 0) is 6.54 Å². The van der Waals surface area contributed by atoms with Gasteiger partial charge in [0.1, 0.15) is 6.54 Å². The van der Waals surface area contributed by atoms with Crippen LogP contribution in [0.3, 0.4) is 0 Å². The average Bonchev–Trinajstić information content (AvgIpc) is 2.26. The van der Waals surface area contributed by atoms with E-state index >= 15 is 0 Å². The molecule has 1 rings (SSSR count). The van der Waals surface area contributed by atoms with Gasteiger partial charge in [0.15, 0.2) is 0 Å². The molecule has 1 aromatic rings. The van der Waals surface area contributed by atoms with Gasteiger partial charge in [-0.05, 0) is 24.7 Å². The van der Waals surface area contributed by atoms with Crippen molar-refractivity contribution in [3.8, 4) is 0 Å². The largest absolute Gasteiger partial charge is 1.00 e. The van der Waals surface area contributed by atoms with Crippen LogP contribution in [0.5, 0.6) is 0 Å². The van der Waals surface area contributed by atoms with Crippen molar-refractivity contribution in [1.29, 1.82) is 0 Å². The predicted octanol–water partition coefficient (Wildman–Crippen LogP) is -0.724. The number of benzene rings is 1. The number of hydrazine groups is 1. The minimum atomic E-state index is -0.0691. The summed E-state index contributed by atoms with van der Waals surface area (Å²) in [6.45, 7) is 4.05. The molecule has 0 spiro atoms. The van der Waals surface area contributed by atoms with Gasteiger partial charge in [-0.15, -0.1) is 5.01 Å². The maximum atomic E-state index is 11.1. The fourth-order valence-electron chi connectivity index (χ4n) is 1.26. The Kier molecular flexibility index (Phi) is 7.12. The summed E-state index contributed by atoms with van der Waals surface area (Å²) in [7, 11) is 0. The zero-order valence-electron chi connectivity index (χ0n) is 9.83. The Balaban J connectivity index is 0.00000225. The van der Waals surface area contributed by atoms with E-state index in [1.54, 1.807) is 0 Å². The number of hydrogen-bond donors (Lipinski definition) is 0. The van der Waals surface area contributed by atoms with Gasteiger partial charge < -0.3 is 10.4 Å². The smallest absolute Gasteiger partial charge is 0.737 e. The summed E-state index contributed by atoms with van der Waals surface area (Å²) in [5, 5.41) is 25.0. The van der Waals surface area contributed by atoms with Crippen molar-refractivity contribution in [1.82, 2.24) is 5.01 Å². The van der Waals surface area contributed by atoms with Crippen LogP contribution >= 0.6 is 0 Å². The molecule has 0 saturated heterocycles. The minimum Gasteiger partial charge on any atom is -0.737 e. The summed E-state index contributed by atoms with van der Waals surface area (Å²) < 4.78 is 0. The molecule has 0 saturated carbocycles. The molecular formula is C10H14N3NaO2. The Bertz CT molecular complexity index is 330. The Hall–Kier alpha value is -0.780. The molecule has 0 fully saturated rings. The molecule has 5 nitrogen and oxygen atoms in total. The molecule has 0 N–H and O–H groups in total. The fourth-order valence-corrected chi connectivity index (χ4v) is 1.26. The second-order valence-electron chi connectivity index (χ2n) is 3.51. The SMILES string of the molecule is CC(C)N(Cc1ccccc1)[N+]([O-])=N[O-].[Na+]. The second kappa shape index (κ2) is 7.49. The van der Waals surface area contributed by atoms with E-state index in [-0.39, 0.29) is 40.6 Å². The number of rotatable bonds is 4. The van der Waals surface area contributed by atoms with E-state index in [0.717, 1.165) is 5.56 Å². The molecule has 16 heavy (non-hydrogen) atoms. The number of hydrogen-bond acceptors (Lipinski definition) is 3. The maximum absolute atomic E-state index is 11.1. The van der Waals surface area contributed by atoms with Crippen molar-refractivity contribution in [3.63, 3.8) is 0 Å². The van der Waals surface area contributed by atoms with Crippen LogP contribution in [0.4, 0.5) is 0 Å². The molecule has 0 aliphatic carbocycles. The Labute approximate surface area is 117 Å². The van der Waals surface area contributed by atoms with Gasteiger partial charge in [-0.2, -0.15) is 0 Å². The van der Waals surface area contributed by atoms with E-state index in [1.807, 2.05) is 44.2 Å². The van der Waals surface area contributed by atoms with Crippen molar-refractivity contribution in [2.24, 2.45) is 5.28 Å². The van der Waals surface area contributed by atoms with Gasteiger partial charge in [0.2, 0.25) is 0 Å². The van der Waals surface area contributed by atoms with Gasteiger partial charge in [-0.1, -0.05) is 30.3 Å². The first kappa shape index (κ1) is 15.2. The molecule has 0 aliphatic heterocycles. The standard InChI is InChI=1S/C10H15N3O2.Na/c1-9(2)12(13(15)11-14)8-10-6-4-3-5-7-10;/h3-7,9,14H,8H2,1-2H3;/q;+1/p-1. The molecule has 0 radical (unpaired) electrons. The van der Waals surface area contributed by atoms with Crippen molar-refractivity contribution in [2.75, 3.05) is 0 Å². The summed E-state index contributed by atoms with van der Waals surface area (Å²) >= 11 is 0. The zero-order valence-corrected chi connectivity index (χ0v) is 11.8. The van der Waals surface area contributed by atoms with Gasteiger partial charge in [0.05, 0.1) is 6.04 Å². The van der Waals surface area contributed by atoms with E-state index in [1.165, 1.54) is 5.01 Å². The third-order valence-corrected chi connectivity index (χ3v) is 2.07. The predicted molar refractivity (Wildman–Crippen MR) is 56.5 cm³/mol. The summed E-state index contributed by atoms with van der Waals surface area (Å²) in [5.74, 6) is 0. The Morgan fingerprint density at radius 2 is 1.88 bits per heavy atom. The first-order chi connectivity index (χ1) is 7.15. The molecule has 0 heterocycles. The molecule has 1 aromatic carbocycles. The average molecular weight is 231 g/mol. The molecule has 0 unspecified atom stereocenters. The van der Waals surface area contributed by atoms with Crippen molar-refractivity contribution >= 4 is 0 Å². The van der Waals surface area contributed by atoms with Crippen LogP contribution in [0.1, 0.15) is 19.4 Å². The van der Waals surface area contributed by atoms with E-state index < -0.39 is 0 Å². The van der Waals surface area contributed by atoms with Gasteiger partial charge in [0.25, 0.3) is 0 Å². The third-order valence-electron chi connectivity index (χ3n) is 2.07. The van der Waals surface area contributed by atoms with Gasteiger partial charge >= 0.3 is 29.6 Å². The van der Waals surface area contributed by atoms with E-state index in [0.29, 0.717) is 6.54 Å². The van der Waals surface area contributed by atoms with Crippen LogP contribution in [0.15, 0.2) is 35.6 Å². The molecule has 0 aromatic heterocycles. The summed E-state index contributed by atoms with van der Waals surface area (Å²) in [5.41, 5.74) is 0.968. The quantitative estimate of drug-likeness (QED) is 0.297. The summed E-state index contributed by atoms with van der Waals surface area (Å²) in [4.78, 5) is 0.0949. The first-order valence-corrected chi connectivity index (χ1v) is 4.76. The van der Waals surface area contributed by atoms with Crippen LogP contribution in [-0.4, -0.2) is 16.0 Å². The zero-order chi connectivity index (χ0) is 11.3. The monoisotopic (exact) mass is 231 g/mol. The molecule has 82 valence electrons. The van der Waals surface area contributed by atoms with Gasteiger partial charge in [-0.3, -0.25) is 0 Å². The first-order valence-electron chi connectivity index (χ1n) is 4.76. The van der Waals surface area contributed by atoms with Crippen LogP contribution < -0.4 is 29.6 Å².